The van der Waals surface area contributed by atoms with Crippen LogP contribution in [0, 0.1) is 6.92 Å². The maximum Gasteiger partial charge on any atom is 0.252 e. The van der Waals surface area contributed by atoms with Gasteiger partial charge in [-0.3, -0.25) is 4.79 Å². The van der Waals surface area contributed by atoms with Gasteiger partial charge in [-0.25, -0.2) is 0 Å². The summed E-state index contributed by atoms with van der Waals surface area (Å²) in [4.78, 5) is 14.1. The first-order chi connectivity index (χ1) is 8.97. The molecule has 0 aliphatic rings. The van der Waals surface area contributed by atoms with Crippen LogP contribution in [-0.4, -0.2) is 5.91 Å². The van der Waals surface area contributed by atoms with E-state index in [1.807, 2.05) is 38.1 Å². The molecule has 1 heterocycles. The van der Waals surface area contributed by atoms with Crippen molar-refractivity contribution in [1.29, 1.82) is 0 Å². The van der Waals surface area contributed by atoms with E-state index in [2.05, 4.69) is 17.9 Å². The van der Waals surface area contributed by atoms with Crippen LogP contribution in [0.5, 0.6) is 0 Å². The Kier molecular flexibility index (Phi) is 4.55. The molecule has 0 aliphatic carbocycles. The van der Waals surface area contributed by atoms with E-state index in [-0.39, 0.29) is 11.9 Å². The summed E-state index contributed by atoms with van der Waals surface area (Å²) in [6.07, 6.45) is 0. The molecule has 1 atom stereocenters. The van der Waals surface area contributed by atoms with Crippen molar-refractivity contribution in [3.63, 3.8) is 0 Å². The predicted molar refractivity (Wildman–Crippen MR) is 83.6 cm³/mol. The Hall–Kier alpha value is -0.970. The number of rotatable bonds is 3. The predicted octanol–water partition coefficient (Wildman–Crippen LogP) is 4.49. The van der Waals surface area contributed by atoms with Crippen molar-refractivity contribution in [3.05, 3.63) is 50.7 Å². The highest BCUT2D eigenvalue weighted by atomic mass is 35.5. The summed E-state index contributed by atoms with van der Waals surface area (Å²) in [5.74, 6) is -0.0922. The highest BCUT2D eigenvalue weighted by Crippen LogP contribution is 2.27. The van der Waals surface area contributed by atoms with Crippen LogP contribution >= 0.6 is 35.6 Å². The SMILES string of the molecule is Cc1ccc(S)cc1C(=O)NC(C)c1ccc(Cl)s1. The maximum absolute atomic E-state index is 12.2. The first kappa shape index (κ1) is 14.4. The summed E-state index contributed by atoms with van der Waals surface area (Å²) in [5, 5.41) is 2.97. The van der Waals surface area contributed by atoms with E-state index in [1.54, 1.807) is 6.07 Å². The van der Waals surface area contributed by atoms with Gasteiger partial charge >= 0.3 is 0 Å². The number of carbonyl (C=O) groups excluding carboxylic acids is 1. The monoisotopic (exact) mass is 311 g/mol. The van der Waals surface area contributed by atoms with E-state index in [9.17, 15) is 4.79 Å². The van der Waals surface area contributed by atoms with E-state index in [0.717, 1.165) is 19.7 Å². The second-order valence-corrected chi connectivity index (χ2v) is 6.60. The number of aryl methyl sites for hydroxylation is 1. The quantitative estimate of drug-likeness (QED) is 0.803. The Morgan fingerprint density at radius 1 is 1.37 bits per heavy atom. The van der Waals surface area contributed by atoms with Crippen LogP contribution in [0.1, 0.15) is 33.8 Å². The van der Waals surface area contributed by atoms with Crippen molar-refractivity contribution >= 4 is 41.5 Å². The van der Waals surface area contributed by atoms with Gasteiger partial charge in [-0.2, -0.15) is 0 Å². The molecule has 0 bridgehead atoms. The number of nitrogens with one attached hydrogen (secondary N) is 1. The number of amides is 1. The summed E-state index contributed by atoms with van der Waals surface area (Å²) in [6.45, 7) is 3.86. The zero-order valence-corrected chi connectivity index (χ0v) is 13.1. The van der Waals surface area contributed by atoms with Crippen LogP contribution < -0.4 is 5.32 Å². The molecular formula is C14H14ClNOS2. The summed E-state index contributed by atoms with van der Waals surface area (Å²) < 4.78 is 0.727. The molecule has 0 radical (unpaired) electrons. The van der Waals surface area contributed by atoms with Gasteiger partial charge in [0.15, 0.2) is 0 Å². The molecule has 2 rings (SSSR count). The highest BCUT2D eigenvalue weighted by Gasteiger charge is 2.14. The smallest absolute Gasteiger partial charge is 0.252 e. The topological polar surface area (TPSA) is 29.1 Å². The molecule has 2 aromatic rings. The Bertz CT molecular complexity index is 609. The zero-order chi connectivity index (χ0) is 14.0. The minimum atomic E-state index is -0.0922. The van der Waals surface area contributed by atoms with Gasteiger partial charge in [0.05, 0.1) is 10.4 Å². The van der Waals surface area contributed by atoms with Crippen molar-refractivity contribution < 1.29 is 4.79 Å². The third-order valence-corrected chi connectivity index (χ3v) is 4.53. The fourth-order valence-corrected chi connectivity index (χ4v) is 3.03. The van der Waals surface area contributed by atoms with Gasteiger partial charge < -0.3 is 5.32 Å². The fraction of sp³-hybridized carbons (Fsp3) is 0.214. The third kappa shape index (κ3) is 3.53. The Morgan fingerprint density at radius 2 is 2.11 bits per heavy atom. The van der Waals surface area contributed by atoms with E-state index in [4.69, 9.17) is 11.6 Å². The van der Waals surface area contributed by atoms with E-state index in [1.165, 1.54) is 11.3 Å². The van der Waals surface area contributed by atoms with E-state index < -0.39 is 0 Å². The van der Waals surface area contributed by atoms with Crippen LogP contribution in [0.25, 0.3) is 0 Å². The summed E-state index contributed by atoms with van der Waals surface area (Å²) in [7, 11) is 0. The number of halogens is 1. The summed E-state index contributed by atoms with van der Waals surface area (Å²) in [6, 6.07) is 9.25. The van der Waals surface area contributed by atoms with Crippen LogP contribution in [0.2, 0.25) is 4.34 Å². The number of thiol groups is 1. The third-order valence-electron chi connectivity index (χ3n) is 2.83. The Labute approximate surface area is 127 Å². The van der Waals surface area contributed by atoms with Crippen molar-refractivity contribution in [1.82, 2.24) is 5.32 Å². The normalized spacial score (nSPS) is 12.2. The molecular weight excluding hydrogens is 298 g/mol. The lowest BCUT2D eigenvalue weighted by Gasteiger charge is -2.13. The molecule has 5 heteroatoms. The zero-order valence-electron chi connectivity index (χ0n) is 10.6. The average Bonchev–Trinajstić information content (AvgIpc) is 2.79. The van der Waals surface area contributed by atoms with Gasteiger partial charge in [0.1, 0.15) is 0 Å². The second kappa shape index (κ2) is 5.99. The average molecular weight is 312 g/mol. The lowest BCUT2D eigenvalue weighted by molar-refractivity contribution is 0.0939. The number of hydrogen-bond acceptors (Lipinski definition) is 3. The van der Waals surface area contributed by atoms with Crippen molar-refractivity contribution in [2.75, 3.05) is 0 Å². The maximum atomic E-state index is 12.2. The molecule has 0 saturated carbocycles. The van der Waals surface area contributed by atoms with Crippen LogP contribution in [-0.2, 0) is 0 Å². The molecule has 1 aromatic carbocycles. The Morgan fingerprint density at radius 3 is 2.74 bits per heavy atom. The Balaban J connectivity index is 2.15. The molecule has 0 fully saturated rings. The molecule has 2 nitrogen and oxygen atoms in total. The van der Waals surface area contributed by atoms with Gasteiger partial charge in [-0.05, 0) is 43.7 Å². The number of carbonyl (C=O) groups is 1. The van der Waals surface area contributed by atoms with Crippen LogP contribution in [0.4, 0.5) is 0 Å². The number of hydrogen-bond donors (Lipinski definition) is 2. The van der Waals surface area contributed by atoms with Gasteiger partial charge in [0, 0.05) is 15.3 Å². The molecule has 1 aromatic heterocycles. The first-order valence-electron chi connectivity index (χ1n) is 5.83. The second-order valence-electron chi connectivity index (χ2n) is 4.34. The minimum Gasteiger partial charge on any atom is -0.345 e. The molecule has 0 saturated heterocycles. The number of thiophene rings is 1. The van der Waals surface area contributed by atoms with Crippen LogP contribution in [0.3, 0.4) is 0 Å². The standard InChI is InChI=1S/C14H14ClNOS2/c1-8-3-4-10(18)7-11(8)14(17)16-9(2)12-5-6-13(15)19-12/h3-7,9,18H,1-2H3,(H,16,17). The summed E-state index contributed by atoms with van der Waals surface area (Å²) >= 11 is 11.6. The minimum absolute atomic E-state index is 0.0621. The lowest BCUT2D eigenvalue weighted by atomic mass is 10.1. The van der Waals surface area contributed by atoms with Gasteiger partial charge in [0.25, 0.3) is 5.91 Å². The highest BCUT2D eigenvalue weighted by molar-refractivity contribution is 7.80. The molecule has 0 aliphatic heterocycles. The summed E-state index contributed by atoms with van der Waals surface area (Å²) in [5.41, 5.74) is 1.59. The molecule has 19 heavy (non-hydrogen) atoms. The molecule has 100 valence electrons. The van der Waals surface area contributed by atoms with E-state index in [0.29, 0.717) is 5.56 Å². The largest absolute Gasteiger partial charge is 0.345 e. The molecule has 1 unspecified atom stereocenters. The van der Waals surface area contributed by atoms with Crippen molar-refractivity contribution in [2.24, 2.45) is 0 Å². The van der Waals surface area contributed by atoms with Crippen LogP contribution in [0.15, 0.2) is 35.2 Å². The van der Waals surface area contributed by atoms with Gasteiger partial charge in [-0.15, -0.1) is 24.0 Å². The van der Waals surface area contributed by atoms with E-state index >= 15 is 0 Å². The number of benzene rings is 1. The molecule has 1 amide bonds. The van der Waals surface area contributed by atoms with Crippen molar-refractivity contribution in [2.45, 2.75) is 24.8 Å². The van der Waals surface area contributed by atoms with Gasteiger partial charge in [0.2, 0.25) is 0 Å². The van der Waals surface area contributed by atoms with Gasteiger partial charge in [-0.1, -0.05) is 17.7 Å². The fourth-order valence-electron chi connectivity index (χ4n) is 1.76. The lowest BCUT2D eigenvalue weighted by Crippen LogP contribution is -2.26. The molecule has 1 N–H and O–H groups in total. The molecule has 0 spiro atoms. The first-order valence-corrected chi connectivity index (χ1v) is 7.47. The van der Waals surface area contributed by atoms with Crippen molar-refractivity contribution in [3.8, 4) is 0 Å².